The molecule has 0 fully saturated rings. The van der Waals surface area contributed by atoms with Gasteiger partial charge >= 0.3 is 0 Å². The number of methoxy groups -OCH3 is 1. The number of unbranched alkanes of at least 4 members (excludes halogenated alkanes) is 1. The molecule has 0 bridgehead atoms. The molecule has 0 aliphatic carbocycles. The van der Waals surface area contributed by atoms with E-state index in [1.807, 2.05) is 13.8 Å². The van der Waals surface area contributed by atoms with Crippen LogP contribution in [0.25, 0.3) is 0 Å². The summed E-state index contributed by atoms with van der Waals surface area (Å²) >= 11 is 0. The summed E-state index contributed by atoms with van der Waals surface area (Å²) in [6, 6.07) is 0. The van der Waals surface area contributed by atoms with Crippen molar-refractivity contribution in [1.29, 1.82) is 0 Å². The number of hydrogen-bond acceptors (Lipinski definition) is 5. The highest BCUT2D eigenvalue weighted by molar-refractivity contribution is 5.90. The predicted molar refractivity (Wildman–Crippen MR) is 74.7 cm³/mol. The summed E-state index contributed by atoms with van der Waals surface area (Å²) in [7, 11) is 1.65. The van der Waals surface area contributed by atoms with Crippen molar-refractivity contribution < 1.29 is 14.3 Å². The average molecular weight is 284 g/mol. The summed E-state index contributed by atoms with van der Waals surface area (Å²) in [5.74, 6) is 0.911. The first-order valence-electron chi connectivity index (χ1n) is 6.92. The second kappa shape index (κ2) is 9.44. The SMILES string of the molecule is COCCOCCCCNC(=O)c1n[nH]c(C(C)C)n1. The largest absolute Gasteiger partial charge is 0.382 e. The van der Waals surface area contributed by atoms with Crippen molar-refractivity contribution in [3.63, 3.8) is 0 Å². The molecule has 0 radical (unpaired) electrons. The lowest BCUT2D eigenvalue weighted by Crippen LogP contribution is -2.25. The zero-order chi connectivity index (χ0) is 14.8. The van der Waals surface area contributed by atoms with Gasteiger partial charge in [-0.1, -0.05) is 13.8 Å². The van der Waals surface area contributed by atoms with Gasteiger partial charge in [-0.2, -0.15) is 0 Å². The second-order valence-corrected chi connectivity index (χ2v) is 4.77. The fourth-order valence-corrected chi connectivity index (χ4v) is 1.49. The zero-order valence-electron chi connectivity index (χ0n) is 12.4. The molecule has 1 heterocycles. The Kier molecular flexibility index (Phi) is 7.82. The van der Waals surface area contributed by atoms with Crippen molar-refractivity contribution in [2.24, 2.45) is 0 Å². The second-order valence-electron chi connectivity index (χ2n) is 4.77. The van der Waals surface area contributed by atoms with Gasteiger partial charge in [0.15, 0.2) is 0 Å². The molecule has 1 aromatic heterocycles. The molecule has 0 aromatic carbocycles. The van der Waals surface area contributed by atoms with Crippen LogP contribution >= 0.6 is 0 Å². The van der Waals surface area contributed by atoms with Crippen molar-refractivity contribution in [2.75, 3.05) is 33.5 Å². The van der Waals surface area contributed by atoms with E-state index in [9.17, 15) is 4.79 Å². The minimum Gasteiger partial charge on any atom is -0.382 e. The van der Waals surface area contributed by atoms with Crippen molar-refractivity contribution in [3.8, 4) is 0 Å². The van der Waals surface area contributed by atoms with Gasteiger partial charge < -0.3 is 14.8 Å². The molecular formula is C13H24N4O3. The summed E-state index contributed by atoms with van der Waals surface area (Å²) in [5.41, 5.74) is 0. The van der Waals surface area contributed by atoms with E-state index in [0.717, 1.165) is 18.7 Å². The molecular weight excluding hydrogens is 260 g/mol. The maximum absolute atomic E-state index is 11.8. The molecule has 7 heteroatoms. The molecule has 0 saturated heterocycles. The van der Waals surface area contributed by atoms with Crippen LogP contribution in [0.4, 0.5) is 0 Å². The van der Waals surface area contributed by atoms with Crippen LogP contribution in [0.2, 0.25) is 0 Å². The monoisotopic (exact) mass is 284 g/mol. The van der Waals surface area contributed by atoms with E-state index in [2.05, 4.69) is 20.5 Å². The Morgan fingerprint density at radius 3 is 2.75 bits per heavy atom. The molecule has 114 valence electrons. The minimum atomic E-state index is -0.242. The number of H-pyrrole nitrogens is 1. The standard InChI is InChI=1S/C13H24N4O3/c1-10(2)11-15-12(17-16-11)13(18)14-6-4-5-7-20-9-8-19-3/h10H,4-9H2,1-3H3,(H,14,18)(H,15,16,17). The van der Waals surface area contributed by atoms with Gasteiger partial charge in [0.25, 0.3) is 5.91 Å². The fourth-order valence-electron chi connectivity index (χ4n) is 1.49. The van der Waals surface area contributed by atoms with E-state index in [4.69, 9.17) is 9.47 Å². The quantitative estimate of drug-likeness (QED) is 0.628. The van der Waals surface area contributed by atoms with Crippen LogP contribution in [0.3, 0.4) is 0 Å². The van der Waals surface area contributed by atoms with Crippen molar-refractivity contribution in [2.45, 2.75) is 32.6 Å². The van der Waals surface area contributed by atoms with Crippen molar-refractivity contribution in [1.82, 2.24) is 20.5 Å². The normalized spacial score (nSPS) is 11.0. The highest BCUT2D eigenvalue weighted by atomic mass is 16.5. The van der Waals surface area contributed by atoms with Gasteiger partial charge in [-0.25, -0.2) is 4.98 Å². The van der Waals surface area contributed by atoms with Gasteiger partial charge in [-0.15, -0.1) is 5.10 Å². The smallest absolute Gasteiger partial charge is 0.290 e. The van der Waals surface area contributed by atoms with Gasteiger partial charge in [0.05, 0.1) is 13.2 Å². The molecule has 0 aliphatic heterocycles. The molecule has 0 atom stereocenters. The first-order chi connectivity index (χ1) is 9.65. The number of aromatic nitrogens is 3. The Morgan fingerprint density at radius 1 is 1.30 bits per heavy atom. The maximum Gasteiger partial charge on any atom is 0.290 e. The number of amides is 1. The van der Waals surface area contributed by atoms with Crippen LogP contribution < -0.4 is 5.32 Å². The highest BCUT2D eigenvalue weighted by Gasteiger charge is 2.13. The van der Waals surface area contributed by atoms with Crippen molar-refractivity contribution >= 4 is 5.91 Å². The molecule has 1 aromatic rings. The highest BCUT2D eigenvalue weighted by Crippen LogP contribution is 2.07. The number of rotatable bonds is 10. The lowest BCUT2D eigenvalue weighted by Gasteiger charge is -2.04. The van der Waals surface area contributed by atoms with E-state index < -0.39 is 0 Å². The van der Waals surface area contributed by atoms with E-state index in [1.165, 1.54) is 0 Å². The topological polar surface area (TPSA) is 89.1 Å². The Labute approximate surface area is 119 Å². The van der Waals surface area contributed by atoms with Gasteiger partial charge in [0, 0.05) is 26.2 Å². The van der Waals surface area contributed by atoms with E-state index in [-0.39, 0.29) is 17.6 Å². The van der Waals surface area contributed by atoms with Gasteiger partial charge in [-0.05, 0) is 12.8 Å². The van der Waals surface area contributed by atoms with Crippen LogP contribution in [0.5, 0.6) is 0 Å². The number of ether oxygens (including phenoxy) is 2. The Bertz CT molecular complexity index is 393. The van der Waals surface area contributed by atoms with E-state index in [1.54, 1.807) is 7.11 Å². The van der Waals surface area contributed by atoms with Gasteiger partial charge in [0.2, 0.25) is 5.82 Å². The molecule has 0 unspecified atom stereocenters. The van der Waals surface area contributed by atoms with Gasteiger partial charge in [-0.3, -0.25) is 9.89 Å². The van der Waals surface area contributed by atoms with Crippen molar-refractivity contribution in [3.05, 3.63) is 11.6 Å². The van der Waals surface area contributed by atoms with Crippen LogP contribution in [0.15, 0.2) is 0 Å². The summed E-state index contributed by atoms with van der Waals surface area (Å²) < 4.78 is 10.2. The Balaban J connectivity index is 2.10. The third-order valence-electron chi connectivity index (χ3n) is 2.69. The zero-order valence-corrected chi connectivity index (χ0v) is 12.4. The average Bonchev–Trinajstić information content (AvgIpc) is 2.91. The number of nitrogens with one attached hydrogen (secondary N) is 2. The van der Waals surface area contributed by atoms with E-state index in [0.29, 0.717) is 26.4 Å². The number of carbonyl (C=O) groups excluding carboxylic acids is 1. The van der Waals surface area contributed by atoms with Crippen LogP contribution in [0, 0.1) is 0 Å². The predicted octanol–water partition coefficient (Wildman–Crippen LogP) is 1.10. The number of aromatic amines is 1. The lowest BCUT2D eigenvalue weighted by atomic mass is 10.2. The van der Waals surface area contributed by atoms with Crippen LogP contribution in [-0.2, 0) is 9.47 Å². The summed E-state index contributed by atoms with van der Waals surface area (Å²) in [5, 5.41) is 9.45. The maximum atomic E-state index is 11.8. The third-order valence-corrected chi connectivity index (χ3v) is 2.69. The van der Waals surface area contributed by atoms with Gasteiger partial charge in [0.1, 0.15) is 5.82 Å². The molecule has 1 amide bonds. The fraction of sp³-hybridized carbons (Fsp3) is 0.769. The lowest BCUT2D eigenvalue weighted by molar-refractivity contribution is 0.0686. The first kappa shape index (κ1) is 16.6. The summed E-state index contributed by atoms with van der Waals surface area (Å²) in [6.45, 7) is 6.48. The number of hydrogen-bond donors (Lipinski definition) is 2. The molecule has 2 N–H and O–H groups in total. The molecule has 20 heavy (non-hydrogen) atoms. The summed E-state index contributed by atoms with van der Waals surface area (Å²) in [6.07, 6.45) is 1.76. The summed E-state index contributed by atoms with van der Waals surface area (Å²) in [4.78, 5) is 15.9. The first-order valence-corrected chi connectivity index (χ1v) is 6.92. The number of carbonyl (C=O) groups is 1. The molecule has 1 rings (SSSR count). The minimum absolute atomic E-state index is 0.199. The molecule has 7 nitrogen and oxygen atoms in total. The van der Waals surface area contributed by atoms with Crippen LogP contribution in [-0.4, -0.2) is 54.6 Å². The van der Waals surface area contributed by atoms with E-state index >= 15 is 0 Å². The number of nitrogens with zero attached hydrogens (tertiary/aromatic N) is 2. The Morgan fingerprint density at radius 2 is 2.10 bits per heavy atom. The molecule has 0 spiro atoms. The molecule has 0 saturated carbocycles. The Hall–Kier alpha value is -1.47. The molecule has 0 aliphatic rings. The third kappa shape index (κ3) is 6.12. The van der Waals surface area contributed by atoms with Crippen LogP contribution in [0.1, 0.15) is 49.1 Å².